The molecule has 0 radical (unpaired) electrons. The fourth-order valence-corrected chi connectivity index (χ4v) is 2.80. The molecule has 0 saturated carbocycles. The van der Waals surface area contributed by atoms with E-state index in [-0.39, 0.29) is 18.1 Å². The third kappa shape index (κ3) is 4.67. The van der Waals surface area contributed by atoms with E-state index in [1.54, 1.807) is 36.1 Å². The first kappa shape index (κ1) is 17.4. The van der Waals surface area contributed by atoms with Crippen LogP contribution in [-0.2, 0) is 20.3 Å². The molecule has 6 heteroatoms. The van der Waals surface area contributed by atoms with E-state index in [1.807, 2.05) is 13.8 Å². The van der Waals surface area contributed by atoms with Crippen LogP contribution in [0.2, 0.25) is 0 Å². The van der Waals surface area contributed by atoms with E-state index in [4.69, 9.17) is 4.74 Å². The third-order valence-electron chi connectivity index (χ3n) is 3.06. The van der Waals surface area contributed by atoms with Crippen molar-refractivity contribution < 1.29 is 18.5 Å². The zero-order chi connectivity index (χ0) is 15.8. The quantitative estimate of drug-likeness (QED) is 0.721. The molecule has 0 aliphatic rings. The van der Waals surface area contributed by atoms with Crippen molar-refractivity contribution in [2.24, 2.45) is 0 Å². The van der Waals surface area contributed by atoms with Gasteiger partial charge in [-0.15, -0.1) is 0 Å². The molecule has 0 saturated heterocycles. The zero-order valence-electron chi connectivity index (χ0n) is 12.6. The van der Waals surface area contributed by atoms with Crippen molar-refractivity contribution in [1.29, 1.82) is 0 Å². The molecule has 5 nitrogen and oxygen atoms in total. The molecule has 0 fully saturated rings. The standard InChI is InChI=1S/C15H21NO4S/c1-4-16(5-2)14(17)11-20-15(18)12-9-7-8-10-13(12)21(19)6-3/h7-10H,4-6,11H2,1-3H3. The number of ether oxygens (including phenoxy) is 1. The van der Waals surface area contributed by atoms with Crippen LogP contribution in [-0.4, -0.2) is 46.4 Å². The second-order valence-electron chi connectivity index (χ2n) is 4.27. The highest BCUT2D eigenvalue weighted by molar-refractivity contribution is 7.85. The topological polar surface area (TPSA) is 63.7 Å². The molecule has 21 heavy (non-hydrogen) atoms. The number of likely N-dealkylation sites (N-methyl/N-ethyl adjacent to an activating group) is 1. The van der Waals surface area contributed by atoms with Crippen LogP contribution in [0.3, 0.4) is 0 Å². The fraction of sp³-hybridized carbons (Fsp3) is 0.467. The number of rotatable bonds is 7. The van der Waals surface area contributed by atoms with E-state index in [1.165, 1.54) is 0 Å². The summed E-state index contributed by atoms with van der Waals surface area (Å²) >= 11 is 0. The van der Waals surface area contributed by atoms with Gasteiger partial charge in [0.05, 0.1) is 21.3 Å². The smallest absolute Gasteiger partial charge is 0.339 e. The number of carbonyl (C=O) groups is 2. The second kappa shape index (κ2) is 8.56. The number of hydrogen-bond donors (Lipinski definition) is 0. The molecule has 1 atom stereocenters. The average molecular weight is 311 g/mol. The summed E-state index contributed by atoms with van der Waals surface area (Å²) in [5.41, 5.74) is 0.255. The lowest BCUT2D eigenvalue weighted by atomic mass is 10.2. The Kier molecular flexibility index (Phi) is 7.08. The van der Waals surface area contributed by atoms with E-state index in [9.17, 15) is 13.8 Å². The molecule has 1 aromatic rings. The summed E-state index contributed by atoms with van der Waals surface area (Å²) in [7, 11) is -1.24. The van der Waals surface area contributed by atoms with Crippen LogP contribution in [0.5, 0.6) is 0 Å². The maximum Gasteiger partial charge on any atom is 0.339 e. The molecule has 0 aliphatic carbocycles. The summed E-state index contributed by atoms with van der Waals surface area (Å²) in [6.45, 7) is 6.36. The number of amides is 1. The molecule has 116 valence electrons. The molecular weight excluding hydrogens is 290 g/mol. The van der Waals surface area contributed by atoms with Gasteiger partial charge >= 0.3 is 5.97 Å². The molecule has 0 spiro atoms. The summed E-state index contributed by atoms with van der Waals surface area (Å²) in [6, 6.07) is 6.61. The Hall–Kier alpha value is -1.69. The summed E-state index contributed by atoms with van der Waals surface area (Å²) in [4.78, 5) is 25.9. The van der Waals surface area contributed by atoms with E-state index >= 15 is 0 Å². The number of nitrogens with zero attached hydrogens (tertiary/aromatic N) is 1. The lowest BCUT2D eigenvalue weighted by Crippen LogP contribution is -2.34. The van der Waals surface area contributed by atoms with E-state index in [0.717, 1.165) is 0 Å². The highest BCUT2D eigenvalue weighted by atomic mass is 32.2. The van der Waals surface area contributed by atoms with Crippen molar-refractivity contribution in [2.45, 2.75) is 25.7 Å². The van der Waals surface area contributed by atoms with Crippen LogP contribution < -0.4 is 0 Å². The molecule has 0 heterocycles. The lowest BCUT2D eigenvalue weighted by Gasteiger charge is -2.18. The van der Waals surface area contributed by atoms with Crippen LogP contribution in [0.1, 0.15) is 31.1 Å². The first-order chi connectivity index (χ1) is 10.0. The number of esters is 1. The average Bonchev–Trinajstić information content (AvgIpc) is 2.52. The largest absolute Gasteiger partial charge is 0.452 e. The van der Waals surface area contributed by atoms with Crippen LogP contribution in [0.25, 0.3) is 0 Å². The van der Waals surface area contributed by atoms with Gasteiger partial charge in [0.1, 0.15) is 0 Å². The van der Waals surface area contributed by atoms with E-state index in [2.05, 4.69) is 0 Å². The summed E-state index contributed by atoms with van der Waals surface area (Å²) in [5.74, 6) is -0.432. The molecule has 1 rings (SSSR count). The Labute approximate surface area is 127 Å². The van der Waals surface area contributed by atoms with Crippen molar-refractivity contribution in [3.05, 3.63) is 29.8 Å². The summed E-state index contributed by atoms with van der Waals surface area (Å²) in [6.07, 6.45) is 0. The van der Waals surface area contributed by atoms with Gasteiger partial charge in [-0.1, -0.05) is 19.1 Å². The van der Waals surface area contributed by atoms with Crippen molar-refractivity contribution in [1.82, 2.24) is 4.90 Å². The zero-order valence-corrected chi connectivity index (χ0v) is 13.4. The maximum absolute atomic E-state index is 12.1. The third-order valence-corrected chi connectivity index (χ3v) is 4.43. The first-order valence-electron chi connectivity index (χ1n) is 6.97. The normalized spacial score (nSPS) is 11.8. The maximum atomic E-state index is 12.1. The van der Waals surface area contributed by atoms with Crippen molar-refractivity contribution in [3.63, 3.8) is 0 Å². The van der Waals surface area contributed by atoms with Gasteiger partial charge in [0.15, 0.2) is 6.61 Å². The predicted molar refractivity (Wildman–Crippen MR) is 81.6 cm³/mol. The summed E-state index contributed by atoms with van der Waals surface area (Å²) < 4.78 is 17.0. The minimum absolute atomic E-state index is 0.234. The Morgan fingerprint density at radius 1 is 1.14 bits per heavy atom. The minimum Gasteiger partial charge on any atom is -0.452 e. The number of hydrogen-bond acceptors (Lipinski definition) is 4. The predicted octanol–water partition coefficient (Wildman–Crippen LogP) is 1.84. The van der Waals surface area contributed by atoms with Gasteiger partial charge in [0.2, 0.25) is 0 Å². The van der Waals surface area contributed by atoms with Crippen LogP contribution in [0, 0.1) is 0 Å². The van der Waals surface area contributed by atoms with Crippen LogP contribution in [0.15, 0.2) is 29.2 Å². The van der Waals surface area contributed by atoms with Crippen molar-refractivity contribution >= 4 is 22.7 Å². The van der Waals surface area contributed by atoms with Crippen molar-refractivity contribution in [2.75, 3.05) is 25.4 Å². The Balaban J connectivity index is 2.77. The van der Waals surface area contributed by atoms with Gasteiger partial charge in [-0.25, -0.2) is 4.79 Å². The monoisotopic (exact) mass is 311 g/mol. The molecule has 0 aromatic heterocycles. The van der Waals surface area contributed by atoms with Crippen LogP contribution in [0.4, 0.5) is 0 Å². The van der Waals surface area contributed by atoms with Gasteiger partial charge in [0.25, 0.3) is 5.91 Å². The highest BCUT2D eigenvalue weighted by Crippen LogP contribution is 2.15. The van der Waals surface area contributed by atoms with Gasteiger partial charge in [-0.2, -0.15) is 0 Å². The second-order valence-corrected chi connectivity index (χ2v) is 5.98. The summed E-state index contributed by atoms with van der Waals surface area (Å²) in [5, 5.41) is 0. The van der Waals surface area contributed by atoms with Crippen molar-refractivity contribution in [3.8, 4) is 0 Å². The van der Waals surface area contributed by atoms with Gasteiger partial charge in [-0.05, 0) is 26.0 Å². The van der Waals surface area contributed by atoms with Gasteiger partial charge in [-0.3, -0.25) is 9.00 Å². The van der Waals surface area contributed by atoms with E-state index in [0.29, 0.717) is 23.7 Å². The highest BCUT2D eigenvalue weighted by Gasteiger charge is 2.18. The van der Waals surface area contributed by atoms with Crippen LogP contribution >= 0.6 is 0 Å². The lowest BCUT2D eigenvalue weighted by molar-refractivity contribution is -0.134. The Morgan fingerprint density at radius 2 is 1.76 bits per heavy atom. The molecule has 0 N–H and O–H groups in total. The first-order valence-corrected chi connectivity index (χ1v) is 8.29. The van der Waals surface area contributed by atoms with E-state index < -0.39 is 16.8 Å². The number of carbonyl (C=O) groups excluding carboxylic acids is 2. The number of benzene rings is 1. The molecule has 0 aliphatic heterocycles. The molecule has 1 unspecified atom stereocenters. The SMILES string of the molecule is CCN(CC)C(=O)COC(=O)c1ccccc1S(=O)CC. The molecular formula is C15H21NO4S. The Morgan fingerprint density at radius 3 is 2.33 bits per heavy atom. The molecule has 1 amide bonds. The van der Waals surface area contributed by atoms with Gasteiger partial charge in [0, 0.05) is 18.8 Å². The molecule has 0 bridgehead atoms. The fourth-order valence-electron chi connectivity index (χ4n) is 1.86. The van der Waals surface area contributed by atoms with Gasteiger partial charge < -0.3 is 9.64 Å². The Bertz CT molecular complexity index is 526. The minimum atomic E-state index is -1.24. The molecule has 1 aromatic carbocycles.